The smallest absolute Gasteiger partial charge is 0.0909 e. The van der Waals surface area contributed by atoms with E-state index >= 15 is 0 Å². The normalized spacial score (nSPS) is 11.6. The summed E-state index contributed by atoms with van der Waals surface area (Å²) in [5.74, 6) is 0. The van der Waals surface area contributed by atoms with Crippen molar-refractivity contribution in [2.24, 2.45) is 0 Å². The molecule has 18 heavy (non-hydrogen) atoms. The second kappa shape index (κ2) is 5.30. The molecule has 0 nitrogen and oxygen atoms in total. The minimum absolute atomic E-state index is 0.394. The first-order chi connectivity index (χ1) is 8.44. The Labute approximate surface area is 126 Å². The van der Waals surface area contributed by atoms with Crippen molar-refractivity contribution in [2.45, 2.75) is 11.3 Å². The van der Waals surface area contributed by atoms with E-state index in [1.165, 1.54) is 0 Å². The summed E-state index contributed by atoms with van der Waals surface area (Å²) in [7, 11) is 0. The third-order valence-corrected chi connectivity index (χ3v) is 4.57. The van der Waals surface area contributed by atoms with Crippen LogP contribution < -0.4 is 0 Å². The van der Waals surface area contributed by atoms with Gasteiger partial charge in [-0.2, -0.15) is 0 Å². The van der Waals surface area contributed by atoms with Gasteiger partial charge in [-0.1, -0.05) is 88.9 Å². The standard InChI is InChI=1S/C14H10Cl4/c1-9-7-8-11(13(16)12(9)15)14(17,18)10-5-3-2-4-6-10/h2-8H,1H3. The fourth-order valence-corrected chi connectivity index (χ4v) is 2.87. The molecule has 0 bridgehead atoms. The van der Waals surface area contributed by atoms with Gasteiger partial charge < -0.3 is 0 Å². The minimum atomic E-state index is -1.21. The summed E-state index contributed by atoms with van der Waals surface area (Å²) in [6.45, 7) is 1.88. The molecule has 0 amide bonds. The summed E-state index contributed by atoms with van der Waals surface area (Å²) < 4.78 is -1.21. The Morgan fingerprint density at radius 2 is 1.44 bits per heavy atom. The number of alkyl halides is 2. The average Bonchev–Trinajstić information content (AvgIpc) is 2.37. The van der Waals surface area contributed by atoms with E-state index in [1.54, 1.807) is 6.07 Å². The third kappa shape index (κ3) is 2.48. The lowest BCUT2D eigenvalue weighted by Gasteiger charge is -2.22. The molecule has 4 heteroatoms. The molecular weight excluding hydrogens is 310 g/mol. The predicted octanol–water partition coefficient (Wildman–Crippen LogP) is 5.98. The topological polar surface area (TPSA) is 0 Å². The van der Waals surface area contributed by atoms with Gasteiger partial charge in [0.25, 0.3) is 0 Å². The Morgan fingerprint density at radius 3 is 2.06 bits per heavy atom. The minimum Gasteiger partial charge on any atom is -0.0909 e. The highest BCUT2D eigenvalue weighted by Crippen LogP contribution is 2.46. The quantitative estimate of drug-likeness (QED) is 0.597. The van der Waals surface area contributed by atoms with Crippen molar-refractivity contribution in [1.82, 2.24) is 0 Å². The fourth-order valence-electron chi connectivity index (χ4n) is 1.69. The Balaban J connectivity index is 2.58. The van der Waals surface area contributed by atoms with Gasteiger partial charge in [0.2, 0.25) is 0 Å². The molecule has 0 unspecified atom stereocenters. The van der Waals surface area contributed by atoms with Crippen molar-refractivity contribution in [3.8, 4) is 0 Å². The van der Waals surface area contributed by atoms with Gasteiger partial charge in [0.15, 0.2) is 4.33 Å². The highest BCUT2D eigenvalue weighted by molar-refractivity contribution is 6.52. The van der Waals surface area contributed by atoms with Gasteiger partial charge >= 0.3 is 0 Å². The van der Waals surface area contributed by atoms with Crippen molar-refractivity contribution in [2.75, 3.05) is 0 Å². The highest BCUT2D eigenvalue weighted by atomic mass is 35.5. The summed E-state index contributed by atoms with van der Waals surface area (Å²) in [5.41, 5.74) is 2.24. The molecule has 94 valence electrons. The monoisotopic (exact) mass is 318 g/mol. The average molecular weight is 320 g/mol. The summed E-state index contributed by atoms with van der Waals surface area (Å²) in [5, 5.41) is 0.876. The van der Waals surface area contributed by atoms with Crippen LogP contribution in [-0.4, -0.2) is 0 Å². The molecule has 0 aromatic heterocycles. The molecular formula is C14H10Cl4. The highest BCUT2D eigenvalue weighted by Gasteiger charge is 2.32. The lowest BCUT2D eigenvalue weighted by atomic mass is 10.0. The second-order valence-corrected chi connectivity index (χ2v) is 6.08. The molecule has 2 rings (SSSR count). The van der Waals surface area contributed by atoms with Gasteiger partial charge in [0.1, 0.15) is 0 Å². The maximum absolute atomic E-state index is 6.44. The van der Waals surface area contributed by atoms with Gasteiger partial charge in [-0.15, -0.1) is 0 Å². The molecule has 2 aromatic rings. The lowest BCUT2D eigenvalue weighted by molar-refractivity contribution is 1.04. The van der Waals surface area contributed by atoms with Gasteiger partial charge in [0.05, 0.1) is 10.0 Å². The maximum atomic E-state index is 6.44. The van der Waals surface area contributed by atoms with Gasteiger partial charge in [-0.3, -0.25) is 0 Å². The SMILES string of the molecule is Cc1ccc(C(Cl)(Cl)c2ccccc2)c(Cl)c1Cl. The Kier molecular flexibility index (Phi) is 4.13. The maximum Gasteiger partial charge on any atom is 0.169 e. The molecule has 0 saturated carbocycles. The summed E-state index contributed by atoms with van der Waals surface area (Å²) >= 11 is 25.2. The number of rotatable bonds is 2. The predicted molar refractivity (Wildman–Crippen MR) is 80.1 cm³/mol. The van der Waals surface area contributed by atoms with E-state index < -0.39 is 4.33 Å². The first kappa shape index (κ1) is 14.0. The second-order valence-electron chi connectivity index (χ2n) is 4.00. The summed E-state index contributed by atoms with van der Waals surface area (Å²) in [6, 6.07) is 13.0. The molecule has 2 aromatic carbocycles. The summed E-state index contributed by atoms with van der Waals surface area (Å²) in [6.07, 6.45) is 0. The Bertz CT molecular complexity index is 562. The number of halogens is 4. The van der Waals surface area contributed by atoms with Crippen LogP contribution in [-0.2, 0) is 4.33 Å². The molecule has 0 spiro atoms. The Hall–Kier alpha value is -0.400. The van der Waals surface area contributed by atoms with E-state index in [4.69, 9.17) is 46.4 Å². The van der Waals surface area contributed by atoms with Crippen LogP contribution in [0, 0.1) is 6.92 Å². The fraction of sp³-hybridized carbons (Fsp3) is 0.143. The van der Waals surface area contributed by atoms with Crippen LogP contribution in [0.5, 0.6) is 0 Å². The van der Waals surface area contributed by atoms with E-state index in [-0.39, 0.29) is 0 Å². The Morgan fingerprint density at radius 1 is 0.833 bits per heavy atom. The molecule has 0 radical (unpaired) electrons. The largest absolute Gasteiger partial charge is 0.169 e. The van der Waals surface area contributed by atoms with E-state index in [2.05, 4.69) is 0 Å². The van der Waals surface area contributed by atoms with Crippen molar-refractivity contribution >= 4 is 46.4 Å². The van der Waals surface area contributed by atoms with Crippen LogP contribution >= 0.6 is 46.4 Å². The molecule has 0 aliphatic carbocycles. The molecule has 0 heterocycles. The molecule has 0 aliphatic heterocycles. The van der Waals surface area contributed by atoms with Crippen LogP contribution in [0.4, 0.5) is 0 Å². The van der Waals surface area contributed by atoms with Crippen LogP contribution in [0.1, 0.15) is 16.7 Å². The van der Waals surface area contributed by atoms with Gasteiger partial charge in [-0.25, -0.2) is 0 Å². The zero-order valence-corrected chi connectivity index (χ0v) is 12.6. The number of hydrogen-bond acceptors (Lipinski definition) is 0. The van der Waals surface area contributed by atoms with Crippen LogP contribution in [0.2, 0.25) is 10.0 Å². The van der Waals surface area contributed by atoms with Crippen molar-refractivity contribution in [1.29, 1.82) is 0 Å². The van der Waals surface area contributed by atoms with Crippen molar-refractivity contribution in [3.63, 3.8) is 0 Å². The van der Waals surface area contributed by atoms with Crippen LogP contribution in [0.3, 0.4) is 0 Å². The molecule has 0 saturated heterocycles. The van der Waals surface area contributed by atoms with Crippen molar-refractivity contribution in [3.05, 3.63) is 69.2 Å². The van der Waals surface area contributed by atoms with Gasteiger partial charge in [0, 0.05) is 5.56 Å². The van der Waals surface area contributed by atoms with Gasteiger partial charge in [-0.05, 0) is 18.1 Å². The number of benzene rings is 2. The van der Waals surface area contributed by atoms with Crippen LogP contribution in [0.15, 0.2) is 42.5 Å². The molecule has 0 aliphatic rings. The lowest BCUT2D eigenvalue weighted by Crippen LogP contribution is -2.13. The third-order valence-electron chi connectivity index (χ3n) is 2.75. The first-order valence-corrected chi connectivity index (χ1v) is 6.84. The number of aryl methyl sites for hydroxylation is 1. The zero-order chi connectivity index (χ0) is 13.3. The zero-order valence-electron chi connectivity index (χ0n) is 9.55. The van der Waals surface area contributed by atoms with Crippen molar-refractivity contribution < 1.29 is 0 Å². The van der Waals surface area contributed by atoms with E-state index in [0.717, 1.165) is 11.1 Å². The van der Waals surface area contributed by atoms with Crippen LogP contribution in [0.25, 0.3) is 0 Å². The molecule has 0 atom stereocenters. The first-order valence-electron chi connectivity index (χ1n) is 5.33. The molecule has 0 N–H and O–H groups in total. The van der Waals surface area contributed by atoms with E-state index in [1.807, 2.05) is 43.3 Å². The molecule has 0 fully saturated rings. The summed E-state index contributed by atoms with van der Waals surface area (Å²) in [4.78, 5) is 0. The van der Waals surface area contributed by atoms with E-state index in [9.17, 15) is 0 Å². The van der Waals surface area contributed by atoms with E-state index in [0.29, 0.717) is 15.6 Å². The number of hydrogen-bond donors (Lipinski definition) is 0.